The predicted molar refractivity (Wildman–Crippen MR) is 42.7 cm³/mol. The SMILES string of the molecule is CC(=O)CCCCCOP=O. The standard InChI is InChI=1S/C7H13O3P/c1-7(8)5-3-2-4-6-10-11-9/h2-6H2,1H3. The number of rotatable bonds is 7. The van der Waals surface area contributed by atoms with Crippen LogP contribution in [0.4, 0.5) is 0 Å². The van der Waals surface area contributed by atoms with Gasteiger partial charge in [0.25, 0.3) is 0 Å². The maximum atomic E-state index is 10.4. The zero-order chi connectivity index (χ0) is 8.53. The molecule has 0 bridgehead atoms. The highest BCUT2D eigenvalue weighted by Gasteiger charge is 1.93. The van der Waals surface area contributed by atoms with Crippen molar-refractivity contribution in [2.45, 2.75) is 32.6 Å². The molecule has 0 aliphatic rings. The Hall–Kier alpha value is -0.270. The summed E-state index contributed by atoms with van der Waals surface area (Å²) in [7, 11) is -0.251. The molecule has 0 saturated heterocycles. The number of hydrogen-bond acceptors (Lipinski definition) is 3. The van der Waals surface area contributed by atoms with Crippen molar-refractivity contribution in [2.24, 2.45) is 0 Å². The van der Waals surface area contributed by atoms with E-state index in [0.717, 1.165) is 19.3 Å². The van der Waals surface area contributed by atoms with Crippen LogP contribution in [0.25, 0.3) is 0 Å². The van der Waals surface area contributed by atoms with Crippen LogP contribution >= 0.6 is 8.69 Å². The Morgan fingerprint density at radius 3 is 2.64 bits per heavy atom. The Kier molecular flexibility index (Phi) is 7.64. The zero-order valence-corrected chi connectivity index (χ0v) is 7.60. The van der Waals surface area contributed by atoms with Crippen molar-refractivity contribution in [1.82, 2.24) is 0 Å². The molecule has 0 radical (unpaired) electrons. The van der Waals surface area contributed by atoms with Gasteiger partial charge in [0.1, 0.15) is 5.78 Å². The van der Waals surface area contributed by atoms with Gasteiger partial charge in [0, 0.05) is 6.42 Å². The van der Waals surface area contributed by atoms with E-state index in [9.17, 15) is 9.36 Å². The van der Waals surface area contributed by atoms with E-state index in [1.165, 1.54) is 0 Å². The van der Waals surface area contributed by atoms with Gasteiger partial charge in [0.05, 0.1) is 6.61 Å². The van der Waals surface area contributed by atoms with Crippen molar-refractivity contribution in [3.05, 3.63) is 0 Å². The first kappa shape index (κ1) is 10.7. The highest BCUT2D eigenvalue weighted by Crippen LogP contribution is 2.03. The van der Waals surface area contributed by atoms with E-state index in [1.807, 2.05) is 0 Å². The topological polar surface area (TPSA) is 43.4 Å². The lowest BCUT2D eigenvalue weighted by atomic mass is 10.1. The summed E-state index contributed by atoms with van der Waals surface area (Å²) in [6, 6.07) is 0. The Labute approximate surface area is 68.4 Å². The maximum Gasteiger partial charge on any atom is 0.327 e. The predicted octanol–water partition coefficient (Wildman–Crippen LogP) is 2.36. The molecule has 0 fully saturated rings. The van der Waals surface area contributed by atoms with Crippen LogP contribution in [0.1, 0.15) is 32.6 Å². The Bertz CT molecular complexity index is 125. The van der Waals surface area contributed by atoms with Gasteiger partial charge in [-0.3, -0.25) is 4.52 Å². The van der Waals surface area contributed by atoms with Crippen molar-refractivity contribution in [2.75, 3.05) is 6.61 Å². The summed E-state index contributed by atoms with van der Waals surface area (Å²) in [5, 5.41) is 0. The van der Waals surface area contributed by atoms with Crippen LogP contribution in [0.15, 0.2) is 0 Å². The molecule has 0 atom stereocenters. The molecule has 0 saturated carbocycles. The van der Waals surface area contributed by atoms with E-state index in [-0.39, 0.29) is 14.5 Å². The molecular formula is C7H13O3P. The van der Waals surface area contributed by atoms with Gasteiger partial charge in [-0.05, 0) is 19.8 Å². The van der Waals surface area contributed by atoms with Gasteiger partial charge in [-0.15, -0.1) is 0 Å². The number of ketones is 1. The molecule has 3 nitrogen and oxygen atoms in total. The summed E-state index contributed by atoms with van der Waals surface area (Å²) in [5.74, 6) is 0.230. The number of carbonyl (C=O) groups is 1. The maximum absolute atomic E-state index is 10.4. The van der Waals surface area contributed by atoms with E-state index >= 15 is 0 Å². The lowest BCUT2D eigenvalue weighted by Crippen LogP contribution is -1.90. The highest BCUT2D eigenvalue weighted by atomic mass is 31.1. The van der Waals surface area contributed by atoms with Crippen LogP contribution in [0.5, 0.6) is 0 Å². The first-order chi connectivity index (χ1) is 5.27. The minimum Gasteiger partial charge on any atom is -0.300 e. The fourth-order valence-corrected chi connectivity index (χ4v) is 0.958. The van der Waals surface area contributed by atoms with E-state index in [1.54, 1.807) is 6.92 Å². The van der Waals surface area contributed by atoms with Crippen LogP contribution in [-0.2, 0) is 13.9 Å². The zero-order valence-electron chi connectivity index (χ0n) is 6.71. The molecule has 0 aromatic rings. The minimum absolute atomic E-state index is 0.230. The second-order valence-electron chi connectivity index (χ2n) is 2.42. The van der Waals surface area contributed by atoms with Gasteiger partial charge in [0.15, 0.2) is 0 Å². The van der Waals surface area contributed by atoms with Crippen LogP contribution < -0.4 is 0 Å². The summed E-state index contributed by atoms with van der Waals surface area (Å²) in [6.45, 7) is 2.11. The summed E-state index contributed by atoms with van der Waals surface area (Å²) in [5.41, 5.74) is 0. The molecule has 0 heterocycles. The number of unbranched alkanes of at least 4 members (excludes halogenated alkanes) is 2. The molecule has 64 valence electrons. The van der Waals surface area contributed by atoms with Gasteiger partial charge in [0.2, 0.25) is 0 Å². The van der Waals surface area contributed by atoms with E-state index < -0.39 is 0 Å². The average Bonchev–Trinajstić information content (AvgIpc) is 1.96. The van der Waals surface area contributed by atoms with E-state index in [2.05, 4.69) is 4.52 Å². The van der Waals surface area contributed by atoms with Crippen molar-refractivity contribution in [3.63, 3.8) is 0 Å². The van der Waals surface area contributed by atoms with Gasteiger partial charge < -0.3 is 4.79 Å². The molecule has 11 heavy (non-hydrogen) atoms. The molecule has 0 aromatic carbocycles. The second-order valence-corrected chi connectivity index (χ2v) is 2.83. The average molecular weight is 176 g/mol. The molecule has 4 heteroatoms. The number of carbonyl (C=O) groups excluding carboxylic acids is 1. The van der Waals surface area contributed by atoms with Crippen LogP contribution in [-0.4, -0.2) is 12.4 Å². The molecule has 0 rings (SSSR count). The number of Topliss-reactive ketones (excluding diaryl/α,β-unsaturated/α-hetero) is 1. The van der Waals surface area contributed by atoms with E-state index in [4.69, 9.17) is 0 Å². The normalized spacial score (nSPS) is 10.3. The van der Waals surface area contributed by atoms with Gasteiger partial charge in [-0.25, -0.2) is 4.57 Å². The van der Waals surface area contributed by atoms with Gasteiger partial charge in [-0.2, -0.15) is 0 Å². The summed E-state index contributed by atoms with van der Waals surface area (Å²) in [4.78, 5) is 10.4. The van der Waals surface area contributed by atoms with Crippen LogP contribution in [0.3, 0.4) is 0 Å². The Balaban J connectivity index is 2.90. The molecule has 0 N–H and O–H groups in total. The minimum atomic E-state index is -0.251. The first-order valence-electron chi connectivity index (χ1n) is 3.71. The fourth-order valence-electron chi connectivity index (χ4n) is 0.755. The largest absolute Gasteiger partial charge is 0.327 e. The van der Waals surface area contributed by atoms with Crippen molar-refractivity contribution >= 4 is 14.5 Å². The molecule has 0 spiro atoms. The van der Waals surface area contributed by atoms with Gasteiger partial charge >= 0.3 is 8.69 Å². The van der Waals surface area contributed by atoms with Crippen molar-refractivity contribution < 1.29 is 13.9 Å². The van der Waals surface area contributed by atoms with Gasteiger partial charge in [-0.1, -0.05) is 6.42 Å². The number of hydrogen-bond donors (Lipinski definition) is 0. The van der Waals surface area contributed by atoms with Crippen LogP contribution in [0, 0.1) is 0 Å². The third-order valence-corrected chi connectivity index (χ3v) is 1.61. The molecule has 0 aromatic heterocycles. The van der Waals surface area contributed by atoms with Crippen LogP contribution in [0.2, 0.25) is 0 Å². The third-order valence-electron chi connectivity index (χ3n) is 1.32. The third kappa shape index (κ3) is 9.73. The first-order valence-corrected chi connectivity index (χ1v) is 4.44. The second kappa shape index (κ2) is 7.83. The van der Waals surface area contributed by atoms with Crippen molar-refractivity contribution in [1.29, 1.82) is 0 Å². The molecule has 0 unspecified atom stereocenters. The molecular weight excluding hydrogens is 163 g/mol. The Morgan fingerprint density at radius 2 is 2.09 bits per heavy atom. The molecule has 0 amide bonds. The fraction of sp³-hybridized carbons (Fsp3) is 0.857. The summed E-state index contributed by atoms with van der Waals surface area (Å²) < 4.78 is 14.3. The monoisotopic (exact) mass is 176 g/mol. The van der Waals surface area contributed by atoms with Crippen molar-refractivity contribution in [3.8, 4) is 0 Å². The summed E-state index contributed by atoms with van der Waals surface area (Å²) in [6.07, 6.45) is 3.40. The highest BCUT2D eigenvalue weighted by molar-refractivity contribution is 7.17. The quantitative estimate of drug-likeness (QED) is 0.441. The Morgan fingerprint density at radius 1 is 1.36 bits per heavy atom. The summed E-state index contributed by atoms with van der Waals surface area (Å²) >= 11 is 0. The lowest BCUT2D eigenvalue weighted by Gasteiger charge is -1.95. The molecule has 0 aliphatic heterocycles. The lowest BCUT2D eigenvalue weighted by molar-refractivity contribution is -0.117. The van der Waals surface area contributed by atoms with E-state index in [0.29, 0.717) is 13.0 Å². The smallest absolute Gasteiger partial charge is 0.300 e. The molecule has 0 aliphatic carbocycles.